The van der Waals surface area contributed by atoms with Crippen molar-refractivity contribution in [1.82, 2.24) is 4.90 Å². The van der Waals surface area contributed by atoms with Gasteiger partial charge in [0.05, 0.1) is 4.91 Å². The number of nitrogens with zero attached hydrogens (tertiary/aromatic N) is 2. The van der Waals surface area contributed by atoms with Crippen molar-refractivity contribution in [2.75, 3.05) is 24.5 Å². The summed E-state index contributed by atoms with van der Waals surface area (Å²) in [5.74, 6) is -1.53. The fourth-order valence-electron chi connectivity index (χ4n) is 2.35. The highest BCUT2D eigenvalue weighted by atomic mass is 32.2. The van der Waals surface area contributed by atoms with Crippen molar-refractivity contribution in [3.05, 3.63) is 28.7 Å². The standard InChI is InChI=1S/C16H18N2O4S2/c1-3-17(4-2)11-6-5-10(12(19)8-11)7-13-15(22)18(9-14(20)21)16(23)24-13/h5-8,19H,3-4,9H2,1-2H3,(H,20,21)/b13-7+. The second-order valence-electron chi connectivity index (χ2n) is 5.08. The molecule has 1 fully saturated rings. The van der Waals surface area contributed by atoms with Crippen LogP contribution in [-0.4, -0.2) is 50.9 Å². The van der Waals surface area contributed by atoms with Crippen LogP contribution in [0.2, 0.25) is 0 Å². The average molecular weight is 366 g/mol. The topological polar surface area (TPSA) is 81.1 Å². The lowest BCUT2D eigenvalue weighted by Crippen LogP contribution is -2.33. The van der Waals surface area contributed by atoms with Crippen molar-refractivity contribution >= 4 is 51.9 Å². The van der Waals surface area contributed by atoms with Gasteiger partial charge in [-0.05, 0) is 32.1 Å². The lowest BCUT2D eigenvalue weighted by molar-refractivity contribution is -0.140. The minimum atomic E-state index is -1.13. The molecule has 0 radical (unpaired) electrons. The van der Waals surface area contributed by atoms with Crippen LogP contribution in [0, 0.1) is 0 Å². The summed E-state index contributed by atoms with van der Waals surface area (Å²) >= 11 is 6.07. The van der Waals surface area contributed by atoms with E-state index >= 15 is 0 Å². The van der Waals surface area contributed by atoms with Crippen LogP contribution >= 0.6 is 24.0 Å². The maximum absolute atomic E-state index is 12.2. The van der Waals surface area contributed by atoms with Gasteiger partial charge in [0.15, 0.2) is 0 Å². The SMILES string of the molecule is CCN(CC)c1ccc(/C=C2/SC(=S)N(CC(=O)O)C2=O)c(O)c1. The number of carboxylic acids is 1. The molecule has 0 atom stereocenters. The number of phenolic OH excluding ortho intramolecular Hbond substituents is 1. The number of amides is 1. The van der Waals surface area contributed by atoms with E-state index in [-0.39, 0.29) is 10.1 Å². The Morgan fingerprint density at radius 3 is 2.58 bits per heavy atom. The first kappa shape index (κ1) is 18.3. The molecule has 6 nitrogen and oxygen atoms in total. The lowest BCUT2D eigenvalue weighted by atomic mass is 10.1. The van der Waals surface area contributed by atoms with Crippen LogP contribution in [0.15, 0.2) is 23.1 Å². The summed E-state index contributed by atoms with van der Waals surface area (Å²) in [5.41, 5.74) is 1.38. The second-order valence-corrected chi connectivity index (χ2v) is 6.75. The molecular weight excluding hydrogens is 348 g/mol. The molecule has 0 unspecified atom stereocenters. The molecule has 1 aromatic rings. The van der Waals surface area contributed by atoms with Gasteiger partial charge < -0.3 is 15.1 Å². The van der Waals surface area contributed by atoms with Crippen molar-refractivity contribution in [3.63, 3.8) is 0 Å². The number of benzene rings is 1. The molecule has 1 aliphatic rings. The van der Waals surface area contributed by atoms with Gasteiger partial charge in [0.1, 0.15) is 16.6 Å². The van der Waals surface area contributed by atoms with Gasteiger partial charge in [-0.1, -0.05) is 24.0 Å². The van der Waals surface area contributed by atoms with Crippen LogP contribution in [0.4, 0.5) is 5.69 Å². The van der Waals surface area contributed by atoms with Crippen LogP contribution in [0.3, 0.4) is 0 Å². The van der Waals surface area contributed by atoms with E-state index in [1.807, 2.05) is 19.9 Å². The minimum absolute atomic E-state index is 0.0582. The predicted octanol–water partition coefficient (Wildman–Crippen LogP) is 2.52. The molecule has 0 saturated carbocycles. The summed E-state index contributed by atoms with van der Waals surface area (Å²) in [6.45, 7) is 5.24. The molecule has 2 rings (SSSR count). The van der Waals surface area contributed by atoms with Crippen molar-refractivity contribution < 1.29 is 19.8 Å². The summed E-state index contributed by atoms with van der Waals surface area (Å²) in [6.07, 6.45) is 1.53. The molecule has 8 heteroatoms. The summed E-state index contributed by atoms with van der Waals surface area (Å²) in [5, 5.41) is 19.1. The number of hydrogen-bond acceptors (Lipinski definition) is 6. The highest BCUT2D eigenvalue weighted by molar-refractivity contribution is 8.26. The van der Waals surface area contributed by atoms with E-state index in [0.717, 1.165) is 35.4 Å². The van der Waals surface area contributed by atoms with Crippen LogP contribution in [0.5, 0.6) is 5.75 Å². The number of carbonyl (C=O) groups excluding carboxylic acids is 1. The quantitative estimate of drug-likeness (QED) is 0.591. The number of aromatic hydroxyl groups is 1. The molecular formula is C16H18N2O4S2. The first-order valence-electron chi connectivity index (χ1n) is 7.42. The third kappa shape index (κ3) is 3.88. The van der Waals surface area contributed by atoms with E-state index in [2.05, 4.69) is 4.90 Å². The van der Waals surface area contributed by atoms with Gasteiger partial charge in [-0.25, -0.2) is 0 Å². The predicted molar refractivity (Wildman–Crippen MR) is 99.2 cm³/mol. The van der Waals surface area contributed by atoms with Gasteiger partial charge >= 0.3 is 5.97 Å². The minimum Gasteiger partial charge on any atom is -0.507 e. The summed E-state index contributed by atoms with van der Waals surface area (Å²) in [7, 11) is 0. The van der Waals surface area contributed by atoms with Gasteiger partial charge in [-0.2, -0.15) is 0 Å². The molecule has 1 aliphatic heterocycles. The largest absolute Gasteiger partial charge is 0.507 e. The normalized spacial score (nSPS) is 16.1. The maximum Gasteiger partial charge on any atom is 0.323 e. The molecule has 0 aliphatic carbocycles. The van der Waals surface area contributed by atoms with E-state index in [1.54, 1.807) is 12.1 Å². The number of carbonyl (C=O) groups is 2. The molecule has 1 aromatic carbocycles. The number of rotatable bonds is 6. The zero-order valence-electron chi connectivity index (χ0n) is 13.4. The Morgan fingerprint density at radius 1 is 1.38 bits per heavy atom. The Morgan fingerprint density at radius 2 is 2.04 bits per heavy atom. The summed E-state index contributed by atoms with van der Waals surface area (Å²) in [6, 6.07) is 5.25. The Balaban J connectivity index is 2.27. The van der Waals surface area contributed by atoms with Crippen LogP contribution in [0.1, 0.15) is 19.4 Å². The zero-order chi connectivity index (χ0) is 17.9. The first-order valence-corrected chi connectivity index (χ1v) is 8.65. The first-order chi connectivity index (χ1) is 11.4. The molecule has 1 amide bonds. The van der Waals surface area contributed by atoms with Gasteiger partial charge in [0.2, 0.25) is 0 Å². The Bertz CT molecular complexity index is 714. The number of carboxylic acid groups (broad SMARTS) is 1. The monoisotopic (exact) mass is 366 g/mol. The van der Waals surface area contributed by atoms with Crippen LogP contribution < -0.4 is 4.90 Å². The van der Waals surface area contributed by atoms with Gasteiger partial charge in [0.25, 0.3) is 5.91 Å². The van der Waals surface area contributed by atoms with Gasteiger partial charge in [-0.3, -0.25) is 14.5 Å². The van der Waals surface area contributed by atoms with E-state index in [4.69, 9.17) is 17.3 Å². The number of thiocarbonyl (C=S) groups is 1. The number of hydrogen-bond donors (Lipinski definition) is 2. The highest BCUT2D eigenvalue weighted by Crippen LogP contribution is 2.34. The highest BCUT2D eigenvalue weighted by Gasteiger charge is 2.33. The molecule has 2 N–H and O–H groups in total. The number of thioether (sulfide) groups is 1. The Kier molecular flexibility index (Phi) is 5.84. The summed E-state index contributed by atoms with van der Waals surface area (Å²) < 4.78 is 0.202. The Labute approximate surface area is 149 Å². The molecule has 128 valence electrons. The van der Waals surface area contributed by atoms with E-state index in [1.165, 1.54) is 6.08 Å². The van der Waals surface area contributed by atoms with Crippen LogP contribution in [0.25, 0.3) is 6.08 Å². The van der Waals surface area contributed by atoms with Gasteiger partial charge in [-0.15, -0.1) is 0 Å². The Hall–Kier alpha value is -2.06. The van der Waals surface area contributed by atoms with Crippen LogP contribution in [-0.2, 0) is 9.59 Å². The maximum atomic E-state index is 12.2. The summed E-state index contributed by atoms with van der Waals surface area (Å²) in [4.78, 5) is 26.5. The smallest absolute Gasteiger partial charge is 0.323 e. The number of anilines is 1. The second kappa shape index (κ2) is 7.67. The van der Waals surface area contributed by atoms with Crippen molar-refractivity contribution in [1.29, 1.82) is 0 Å². The molecule has 1 saturated heterocycles. The van der Waals surface area contributed by atoms with Crippen molar-refractivity contribution in [2.24, 2.45) is 0 Å². The van der Waals surface area contributed by atoms with E-state index in [9.17, 15) is 14.7 Å². The number of phenols is 1. The lowest BCUT2D eigenvalue weighted by Gasteiger charge is -2.21. The van der Waals surface area contributed by atoms with Gasteiger partial charge in [0, 0.05) is 30.4 Å². The van der Waals surface area contributed by atoms with E-state index < -0.39 is 18.4 Å². The third-order valence-electron chi connectivity index (χ3n) is 3.60. The fourth-order valence-corrected chi connectivity index (χ4v) is 3.60. The molecule has 0 aromatic heterocycles. The zero-order valence-corrected chi connectivity index (χ0v) is 15.0. The number of aliphatic carboxylic acids is 1. The molecule has 0 spiro atoms. The van der Waals surface area contributed by atoms with Crippen molar-refractivity contribution in [2.45, 2.75) is 13.8 Å². The molecule has 1 heterocycles. The molecule has 24 heavy (non-hydrogen) atoms. The third-order valence-corrected chi connectivity index (χ3v) is 4.97. The van der Waals surface area contributed by atoms with E-state index in [0.29, 0.717) is 10.5 Å². The van der Waals surface area contributed by atoms with Crippen molar-refractivity contribution in [3.8, 4) is 5.75 Å². The molecule has 0 bridgehead atoms. The fraction of sp³-hybridized carbons (Fsp3) is 0.312. The average Bonchev–Trinajstić information content (AvgIpc) is 2.78.